The molecule has 100 valence electrons. The highest BCUT2D eigenvalue weighted by Gasteiger charge is 2.34. The Morgan fingerprint density at radius 2 is 2.22 bits per heavy atom. The molecule has 1 saturated heterocycles. The number of halogens is 1. The fourth-order valence-corrected chi connectivity index (χ4v) is 2.45. The first-order valence-electron chi connectivity index (χ1n) is 6.32. The molecule has 3 nitrogen and oxygen atoms in total. The molecule has 1 fully saturated rings. The smallest absolute Gasteiger partial charge is 0.133 e. The summed E-state index contributed by atoms with van der Waals surface area (Å²) in [7, 11) is 0. The average Bonchev–Trinajstić information content (AvgIpc) is 2.33. The molecule has 4 heteroatoms. The maximum Gasteiger partial charge on any atom is 0.133 e. The van der Waals surface area contributed by atoms with E-state index >= 15 is 0 Å². The lowest BCUT2D eigenvalue weighted by Crippen LogP contribution is -2.44. The molecule has 0 aromatic heterocycles. The Labute approximate surface area is 117 Å². The number of nitrogens with two attached hydrogens (primary N) is 1. The maximum atomic E-state index is 5.85. The zero-order valence-corrected chi connectivity index (χ0v) is 12.3. The van der Waals surface area contributed by atoms with Crippen LogP contribution < -0.4 is 10.5 Å². The van der Waals surface area contributed by atoms with Gasteiger partial charge >= 0.3 is 0 Å². The van der Waals surface area contributed by atoms with Gasteiger partial charge in [0.2, 0.25) is 0 Å². The standard InChI is InChI=1S/C14H20BrNO2/c1-14(8-17-9-14)10-18-13-5-4-11(3-2-6-16)7-12(13)15/h4-5,7H,2-3,6,8-10,16H2,1H3. The van der Waals surface area contributed by atoms with Crippen LogP contribution in [0.3, 0.4) is 0 Å². The fourth-order valence-electron chi connectivity index (χ4n) is 1.91. The van der Waals surface area contributed by atoms with Crippen molar-refractivity contribution in [3.63, 3.8) is 0 Å². The molecular formula is C14H20BrNO2. The molecule has 0 radical (unpaired) electrons. The second kappa shape index (κ2) is 6.04. The largest absolute Gasteiger partial charge is 0.492 e. The van der Waals surface area contributed by atoms with Gasteiger partial charge < -0.3 is 15.2 Å². The molecule has 0 unspecified atom stereocenters. The van der Waals surface area contributed by atoms with Crippen LogP contribution in [0.5, 0.6) is 5.75 Å². The van der Waals surface area contributed by atoms with E-state index in [2.05, 4.69) is 35.0 Å². The predicted molar refractivity (Wildman–Crippen MR) is 75.9 cm³/mol. The van der Waals surface area contributed by atoms with Gasteiger partial charge in [0.15, 0.2) is 0 Å². The van der Waals surface area contributed by atoms with Gasteiger partial charge in [0.25, 0.3) is 0 Å². The molecule has 0 aliphatic carbocycles. The van der Waals surface area contributed by atoms with Crippen LogP contribution in [0, 0.1) is 5.41 Å². The number of hydrogen-bond acceptors (Lipinski definition) is 3. The zero-order chi connectivity index (χ0) is 13.0. The Bertz CT molecular complexity index is 405. The SMILES string of the molecule is CC1(COc2ccc(CCCN)cc2Br)COC1. The van der Waals surface area contributed by atoms with E-state index in [1.54, 1.807) is 0 Å². The van der Waals surface area contributed by atoms with Crippen molar-refractivity contribution < 1.29 is 9.47 Å². The number of aryl methyl sites for hydroxylation is 1. The lowest BCUT2D eigenvalue weighted by atomic mass is 9.90. The summed E-state index contributed by atoms with van der Waals surface area (Å²) >= 11 is 3.56. The molecule has 1 aromatic carbocycles. The van der Waals surface area contributed by atoms with E-state index in [1.165, 1.54) is 5.56 Å². The molecule has 18 heavy (non-hydrogen) atoms. The molecule has 0 spiro atoms. The molecule has 0 atom stereocenters. The van der Waals surface area contributed by atoms with E-state index in [9.17, 15) is 0 Å². The van der Waals surface area contributed by atoms with Gasteiger partial charge in [0.05, 0.1) is 24.3 Å². The number of ether oxygens (including phenoxy) is 2. The summed E-state index contributed by atoms with van der Waals surface area (Å²) in [6, 6.07) is 6.25. The molecule has 2 N–H and O–H groups in total. The molecule has 1 aliphatic heterocycles. The van der Waals surface area contributed by atoms with Crippen molar-refractivity contribution >= 4 is 15.9 Å². The van der Waals surface area contributed by atoms with Gasteiger partial charge in [-0.15, -0.1) is 0 Å². The highest BCUT2D eigenvalue weighted by molar-refractivity contribution is 9.10. The summed E-state index contributed by atoms with van der Waals surface area (Å²) < 4.78 is 12.1. The van der Waals surface area contributed by atoms with Gasteiger partial charge in [-0.1, -0.05) is 13.0 Å². The zero-order valence-electron chi connectivity index (χ0n) is 10.7. The van der Waals surface area contributed by atoms with Crippen LogP contribution in [0.25, 0.3) is 0 Å². The molecule has 0 bridgehead atoms. The number of hydrogen-bond donors (Lipinski definition) is 1. The van der Waals surface area contributed by atoms with E-state index in [-0.39, 0.29) is 5.41 Å². The third kappa shape index (κ3) is 3.46. The average molecular weight is 314 g/mol. The monoisotopic (exact) mass is 313 g/mol. The number of rotatable bonds is 6. The van der Waals surface area contributed by atoms with Crippen molar-refractivity contribution in [3.05, 3.63) is 28.2 Å². The Morgan fingerprint density at radius 1 is 1.44 bits per heavy atom. The summed E-state index contributed by atoms with van der Waals surface area (Å²) in [5.74, 6) is 0.902. The lowest BCUT2D eigenvalue weighted by Gasteiger charge is -2.37. The minimum atomic E-state index is 0.178. The first kappa shape index (κ1) is 13.8. The summed E-state index contributed by atoms with van der Waals surface area (Å²) in [6.07, 6.45) is 2.03. The van der Waals surface area contributed by atoms with Crippen LogP contribution in [-0.2, 0) is 11.2 Å². The van der Waals surface area contributed by atoms with Gasteiger partial charge in [-0.25, -0.2) is 0 Å². The Morgan fingerprint density at radius 3 is 2.78 bits per heavy atom. The van der Waals surface area contributed by atoms with Gasteiger partial charge in [-0.2, -0.15) is 0 Å². The van der Waals surface area contributed by atoms with E-state index in [0.717, 1.165) is 42.8 Å². The topological polar surface area (TPSA) is 44.5 Å². The molecule has 1 aliphatic rings. The van der Waals surface area contributed by atoms with Crippen molar-refractivity contribution in [3.8, 4) is 5.75 Å². The van der Waals surface area contributed by atoms with E-state index in [1.807, 2.05) is 6.07 Å². The van der Waals surface area contributed by atoms with Gasteiger partial charge in [0.1, 0.15) is 5.75 Å². The summed E-state index contributed by atoms with van der Waals surface area (Å²) in [6.45, 7) is 5.19. The Hall–Kier alpha value is -0.580. The third-order valence-electron chi connectivity index (χ3n) is 3.14. The third-order valence-corrected chi connectivity index (χ3v) is 3.76. The minimum absolute atomic E-state index is 0.178. The minimum Gasteiger partial charge on any atom is -0.492 e. The van der Waals surface area contributed by atoms with Crippen LogP contribution in [0.1, 0.15) is 18.9 Å². The van der Waals surface area contributed by atoms with Crippen LogP contribution in [0.2, 0.25) is 0 Å². The first-order valence-corrected chi connectivity index (χ1v) is 7.11. The van der Waals surface area contributed by atoms with Crippen LogP contribution >= 0.6 is 15.9 Å². The molecule has 0 amide bonds. The van der Waals surface area contributed by atoms with Crippen molar-refractivity contribution in [2.24, 2.45) is 11.1 Å². The molecule has 1 heterocycles. The first-order chi connectivity index (χ1) is 8.63. The number of benzene rings is 1. The van der Waals surface area contributed by atoms with Crippen molar-refractivity contribution in [2.75, 3.05) is 26.4 Å². The predicted octanol–water partition coefficient (Wildman–Crippen LogP) is 2.76. The summed E-state index contributed by atoms with van der Waals surface area (Å²) in [5, 5.41) is 0. The molecular weight excluding hydrogens is 294 g/mol. The van der Waals surface area contributed by atoms with Gasteiger partial charge in [-0.3, -0.25) is 0 Å². The van der Waals surface area contributed by atoms with Gasteiger partial charge in [0, 0.05) is 5.41 Å². The fraction of sp³-hybridized carbons (Fsp3) is 0.571. The van der Waals surface area contributed by atoms with Crippen molar-refractivity contribution in [2.45, 2.75) is 19.8 Å². The quantitative estimate of drug-likeness (QED) is 0.878. The van der Waals surface area contributed by atoms with Crippen molar-refractivity contribution in [1.82, 2.24) is 0 Å². The lowest BCUT2D eigenvalue weighted by molar-refractivity contribution is -0.120. The Kier molecular flexibility index (Phi) is 4.65. The van der Waals surface area contributed by atoms with E-state index < -0.39 is 0 Å². The second-order valence-electron chi connectivity index (χ2n) is 5.25. The van der Waals surface area contributed by atoms with E-state index in [4.69, 9.17) is 15.2 Å². The van der Waals surface area contributed by atoms with E-state index in [0.29, 0.717) is 6.61 Å². The van der Waals surface area contributed by atoms with Crippen molar-refractivity contribution in [1.29, 1.82) is 0 Å². The molecule has 2 rings (SSSR count). The molecule has 0 saturated carbocycles. The Balaban J connectivity index is 1.92. The highest BCUT2D eigenvalue weighted by atomic mass is 79.9. The van der Waals surface area contributed by atoms with Crippen LogP contribution in [0.4, 0.5) is 0 Å². The molecule has 1 aromatic rings. The summed E-state index contributed by atoms with van der Waals surface area (Å²) in [5.41, 5.74) is 6.98. The second-order valence-corrected chi connectivity index (χ2v) is 6.10. The van der Waals surface area contributed by atoms with Gasteiger partial charge in [-0.05, 0) is 53.0 Å². The summed E-state index contributed by atoms with van der Waals surface area (Å²) in [4.78, 5) is 0. The highest BCUT2D eigenvalue weighted by Crippen LogP contribution is 2.31. The maximum absolute atomic E-state index is 5.85. The normalized spacial score (nSPS) is 17.3. The van der Waals surface area contributed by atoms with Crippen LogP contribution in [-0.4, -0.2) is 26.4 Å². The van der Waals surface area contributed by atoms with Crippen LogP contribution in [0.15, 0.2) is 22.7 Å².